The maximum Gasteiger partial charge on any atom is 0.180 e. The summed E-state index contributed by atoms with van der Waals surface area (Å²) in [4.78, 5) is 4.11. The van der Waals surface area contributed by atoms with Crippen molar-refractivity contribution in [3.63, 3.8) is 0 Å². The summed E-state index contributed by atoms with van der Waals surface area (Å²) in [5.74, 6) is -1.27. The van der Waals surface area contributed by atoms with Gasteiger partial charge in [0, 0.05) is 11.8 Å². The van der Waals surface area contributed by atoms with Crippen LogP contribution in [0, 0.1) is 11.6 Å². The number of anilines is 1. The number of thiazole rings is 1. The molecule has 0 amide bonds. The van der Waals surface area contributed by atoms with Gasteiger partial charge in [-0.3, -0.25) is 0 Å². The fourth-order valence-electron chi connectivity index (χ4n) is 1.30. The topological polar surface area (TPSA) is 59.1 Å². The molecule has 0 spiro atoms. The molecule has 0 aliphatic carbocycles. The SMILES string of the molecule is Nc1ncc(C(O)c2cc(F)ccc2F)s1. The van der Waals surface area contributed by atoms with Gasteiger partial charge in [0.05, 0.1) is 4.88 Å². The first-order chi connectivity index (χ1) is 7.58. The number of hydrogen-bond acceptors (Lipinski definition) is 4. The summed E-state index contributed by atoms with van der Waals surface area (Å²) < 4.78 is 26.3. The second kappa shape index (κ2) is 4.15. The van der Waals surface area contributed by atoms with Crippen LogP contribution in [0.4, 0.5) is 13.9 Å². The minimum absolute atomic E-state index is 0.122. The predicted octanol–water partition coefficient (Wildman–Crippen LogP) is 2.09. The number of hydrogen-bond donors (Lipinski definition) is 2. The molecule has 2 rings (SSSR count). The van der Waals surface area contributed by atoms with Gasteiger partial charge in [-0.1, -0.05) is 11.3 Å². The fourth-order valence-corrected chi connectivity index (χ4v) is 2.00. The van der Waals surface area contributed by atoms with Crippen LogP contribution in [-0.2, 0) is 0 Å². The van der Waals surface area contributed by atoms with E-state index < -0.39 is 17.7 Å². The first-order valence-corrected chi connectivity index (χ1v) is 5.24. The molecule has 16 heavy (non-hydrogen) atoms. The fraction of sp³-hybridized carbons (Fsp3) is 0.100. The average molecular weight is 242 g/mol. The van der Waals surface area contributed by atoms with E-state index in [1.807, 2.05) is 0 Å². The Hall–Kier alpha value is -1.53. The van der Waals surface area contributed by atoms with Crippen LogP contribution in [0.25, 0.3) is 0 Å². The Balaban J connectivity index is 2.40. The van der Waals surface area contributed by atoms with Crippen LogP contribution in [0.2, 0.25) is 0 Å². The zero-order chi connectivity index (χ0) is 11.7. The van der Waals surface area contributed by atoms with Crippen molar-refractivity contribution in [2.45, 2.75) is 6.10 Å². The lowest BCUT2D eigenvalue weighted by Crippen LogP contribution is -2.01. The summed E-state index contributed by atoms with van der Waals surface area (Å²) in [5.41, 5.74) is 5.27. The molecular formula is C10H8F2N2OS. The van der Waals surface area contributed by atoms with E-state index in [0.717, 1.165) is 29.5 Å². The molecule has 0 aliphatic rings. The molecule has 0 saturated carbocycles. The summed E-state index contributed by atoms with van der Waals surface area (Å²) in [5, 5.41) is 10.1. The van der Waals surface area contributed by atoms with E-state index in [0.29, 0.717) is 4.88 Å². The van der Waals surface area contributed by atoms with Crippen molar-refractivity contribution in [2.24, 2.45) is 0 Å². The summed E-state index contributed by atoms with van der Waals surface area (Å²) in [7, 11) is 0. The lowest BCUT2D eigenvalue weighted by molar-refractivity contribution is 0.218. The van der Waals surface area contributed by atoms with Crippen LogP contribution in [0.15, 0.2) is 24.4 Å². The van der Waals surface area contributed by atoms with Crippen molar-refractivity contribution in [1.82, 2.24) is 4.98 Å². The Morgan fingerprint density at radius 3 is 2.75 bits per heavy atom. The Morgan fingerprint density at radius 1 is 1.38 bits per heavy atom. The highest BCUT2D eigenvalue weighted by atomic mass is 32.1. The molecule has 0 radical (unpaired) electrons. The molecule has 1 atom stereocenters. The Kier molecular flexibility index (Phi) is 2.84. The van der Waals surface area contributed by atoms with Gasteiger partial charge in [-0.25, -0.2) is 13.8 Å². The van der Waals surface area contributed by atoms with Crippen LogP contribution in [0.5, 0.6) is 0 Å². The van der Waals surface area contributed by atoms with Crippen molar-refractivity contribution >= 4 is 16.5 Å². The van der Waals surface area contributed by atoms with E-state index in [2.05, 4.69) is 4.98 Å². The molecule has 84 valence electrons. The minimum atomic E-state index is -1.24. The highest BCUT2D eigenvalue weighted by molar-refractivity contribution is 7.15. The zero-order valence-electron chi connectivity index (χ0n) is 8.02. The largest absolute Gasteiger partial charge is 0.383 e. The molecule has 2 aromatic rings. The molecule has 6 heteroatoms. The van der Waals surface area contributed by atoms with Gasteiger partial charge in [-0.15, -0.1) is 0 Å². The average Bonchev–Trinajstić information content (AvgIpc) is 2.67. The molecule has 0 bridgehead atoms. The number of aliphatic hydroxyl groups is 1. The number of benzene rings is 1. The van der Waals surface area contributed by atoms with Gasteiger partial charge in [-0.05, 0) is 18.2 Å². The first kappa shape index (κ1) is 11.0. The molecule has 0 saturated heterocycles. The molecule has 0 fully saturated rings. The maximum absolute atomic E-state index is 13.3. The summed E-state index contributed by atoms with van der Waals surface area (Å²) in [6, 6.07) is 2.92. The van der Waals surface area contributed by atoms with Gasteiger partial charge < -0.3 is 10.8 Å². The monoisotopic (exact) mass is 242 g/mol. The third-order valence-corrected chi connectivity index (χ3v) is 2.94. The Morgan fingerprint density at radius 2 is 2.12 bits per heavy atom. The van der Waals surface area contributed by atoms with Crippen molar-refractivity contribution in [3.05, 3.63) is 46.5 Å². The van der Waals surface area contributed by atoms with E-state index in [4.69, 9.17) is 5.73 Å². The highest BCUT2D eigenvalue weighted by Gasteiger charge is 2.18. The van der Waals surface area contributed by atoms with Gasteiger partial charge >= 0.3 is 0 Å². The standard InChI is InChI=1S/C10H8F2N2OS/c11-5-1-2-7(12)6(3-5)9(15)8-4-14-10(13)16-8/h1-4,9,15H,(H2,13,14). The molecule has 3 nitrogen and oxygen atoms in total. The number of nitrogens with two attached hydrogens (primary N) is 1. The lowest BCUT2D eigenvalue weighted by atomic mass is 10.1. The number of nitrogen functional groups attached to an aromatic ring is 1. The molecule has 1 unspecified atom stereocenters. The van der Waals surface area contributed by atoms with E-state index in [1.165, 1.54) is 6.20 Å². The van der Waals surface area contributed by atoms with Gasteiger partial charge in [0.25, 0.3) is 0 Å². The number of aromatic nitrogens is 1. The summed E-state index contributed by atoms with van der Waals surface area (Å²) >= 11 is 1.03. The second-order valence-corrected chi connectivity index (χ2v) is 4.26. The second-order valence-electron chi connectivity index (χ2n) is 3.17. The van der Waals surface area contributed by atoms with Crippen molar-refractivity contribution in [1.29, 1.82) is 0 Å². The van der Waals surface area contributed by atoms with Gasteiger partial charge in [0.2, 0.25) is 0 Å². The van der Waals surface area contributed by atoms with Gasteiger partial charge in [0.1, 0.15) is 17.7 Å². The summed E-state index contributed by atoms with van der Waals surface area (Å²) in [6.45, 7) is 0. The number of halogens is 2. The molecular weight excluding hydrogens is 234 g/mol. The van der Waals surface area contributed by atoms with E-state index in [1.54, 1.807) is 0 Å². The van der Waals surface area contributed by atoms with Crippen LogP contribution < -0.4 is 5.73 Å². The van der Waals surface area contributed by atoms with Crippen LogP contribution in [0.3, 0.4) is 0 Å². The van der Waals surface area contributed by atoms with Gasteiger partial charge in [-0.2, -0.15) is 0 Å². The van der Waals surface area contributed by atoms with E-state index in [9.17, 15) is 13.9 Å². The Bertz CT molecular complexity index is 515. The Labute approximate surface area is 94.2 Å². The van der Waals surface area contributed by atoms with Crippen LogP contribution in [0.1, 0.15) is 16.5 Å². The lowest BCUT2D eigenvalue weighted by Gasteiger charge is -2.09. The zero-order valence-corrected chi connectivity index (χ0v) is 8.84. The minimum Gasteiger partial charge on any atom is -0.383 e. The quantitative estimate of drug-likeness (QED) is 0.847. The molecule has 1 heterocycles. The molecule has 1 aromatic carbocycles. The normalized spacial score (nSPS) is 12.7. The highest BCUT2D eigenvalue weighted by Crippen LogP contribution is 2.29. The predicted molar refractivity (Wildman–Crippen MR) is 56.9 cm³/mol. The maximum atomic E-state index is 13.3. The number of nitrogens with zero attached hydrogens (tertiary/aromatic N) is 1. The van der Waals surface area contributed by atoms with Gasteiger partial charge in [0.15, 0.2) is 5.13 Å². The smallest absolute Gasteiger partial charge is 0.180 e. The van der Waals surface area contributed by atoms with E-state index >= 15 is 0 Å². The van der Waals surface area contributed by atoms with Crippen LogP contribution in [-0.4, -0.2) is 10.1 Å². The van der Waals surface area contributed by atoms with E-state index in [-0.39, 0.29) is 10.7 Å². The van der Waals surface area contributed by atoms with Crippen molar-refractivity contribution < 1.29 is 13.9 Å². The third kappa shape index (κ3) is 2.02. The van der Waals surface area contributed by atoms with Crippen LogP contribution >= 0.6 is 11.3 Å². The third-order valence-electron chi connectivity index (χ3n) is 2.06. The summed E-state index contributed by atoms with van der Waals surface area (Å²) in [6.07, 6.45) is 0.0974. The molecule has 0 aliphatic heterocycles. The first-order valence-electron chi connectivity index (χ1n) is 4.42. The van der Waals surface area contributed by atoms with Crippen molar-refractivity contribution in [2.75, 3.05) is 5.73 Å². The van der Waals surface area contributed by atoms with Crippen molar-refractivity contribution in [3.8, 4) is 0 Å². The number of aliphatic hydroxyl groups excluding tert-OH is 1. The number of rotatable bonds is 2. The molecule has 1 aromatic heterocycles. The molecule has 3 N–H and O–H groups in total.